The molecular weight excluding hydrogens is 705 g/mol. The Hall–Kier alpha value is -4.83. The average molecular weight is 745 g/mol. The minimum Gasteiger partial charge on any atom is -0.457 e. The number of ether oxygens (including phenoxy) is 1. The molecule has 1 N–H and O–H groups in total. The van der Waals surface area contributed by atoms with Gasteiger partial charge in [0, 0.05) is 19.5 Å². The van der Waals surface area contributed by atoms with Gasteiger partial charge >= 0.3 is 0 Å². The second-order valence-corrected chi connectivity index (χ2v) is 14.5. The smallest absolute Gasteiger partial charge is 0.264 e. The van der Waals surface area contributed by atoms with E-state index in [4.69, 9.17) is 27.9 Å². The third-order valence-electron chi connectivity index (χ3n) is 8.15. The molecule has 0 aliphatic heterocycles. The van der Waals surface area contributed by atoms with Crippen molar-refractivity contribution in [2.24, 2.45) is 0 Å². The van der Waals surface area contributed by atoms with Gasteiger partial charge in [0.2, 0.25) is 11.8 Å². The van der Waals surface area contributed by atoms with Crippen molar-refractivity contribution in [1.29, 1.82) is 0 Å². The molecule has 0 saturated carbocycles. The molecule has 0 bridgehead atoms. The minimum atomic E-state index is -4.26. The lowest BCUT2D eigenvalue weighted by Gasteiger charge is -2.34. The number of carbonyl (C=O) groups excluding carboxylic acids is 2. The molecular formula is C40H39Cl2N3O5S. The van der Waals surface area contributed by atoms with Gasteiger partial charge in [-0.25, -0.2) is 8.42 Å². The van der Waals surface area contributed by atoms with Crippen molar-refractivity contribution in [3.8, 4) is 11.5 Å². The Labute approximate surface area is 309 Å². The molecule has 0 radical (unpaired) electrons. The maximum atomic E-state index is 14.7. The Morgan fingerprint density at radius 1 is 0.745 bits per heavy atom. The van der Waals surface area contributed by atoms with Crippen LogP contribution in [0.25, 0.3) is 0 Å². The van der Waals surface area contributed by atoms with Gasteiger partial charge in [-0.2, -0.15) is 0 Å². The van der Waals surface area contributed by atoms with E-state index in [0.717, 1.165) is 22.7 Å². The van der Waals surface area contributed by atoms with E-state index < -0.39 is 28.5 Å². The lowest BCUT2D eigenvalue weighted by atomic mass is 10.0. The summed E-state index contributed by atoms with van der Waals surface area (Å²) in [5.41, 5.74) is 1.70. The fourth-order valence-electron chi connectivity index (χ4n) is 5.45. The number of hydrogen-bond acceptors (Lipinski definition) is 5. The SMILES string of the molecule is CCCCNC(=O)C(Cc1ccccc1)N(Cc1ccc(Cl)c(Cl)c1)C(=O)CN(c1ccc(Oc2ccccc2)cc1)S(=O)(=O)c1ccccc1. The summed E-state index contributed by atoms with van der Waals surface area (Å²) in [7, 11) is -4.26. The maximum Gasteiger partial charge on any atom is 0.264 e. The van der Waals surface area contributed by atoms with E-state index in [2.05, 4.69) is 5.32 Å². The molecule has 2 amide bonds. The molecule has 0 heterocycles. The first-order valence-electron chi connectivity index (χ1n) is 16.6. The summed E-state index contributed by atoms with van der Waals surface area (Å²) in [4.78, 5) is 30.1. The summed E-state index contributed by atoms with van der Waals surface area (Å²) < 4.78 is 35.6. The fraction of sp³-hybridized carbons (Fsp3) is 0.200. The predicted molar refractivity (Wildman–Crippen MR) is 203 cm³/mol. The summed E-state index contributed by atoms with van der Waals surface area (Å²) in [6.45, 7) is 1.83. The van der Waals surface area contributed by atoms with Crippen LogP contribution in [0.4, 0.5) is 5.69 Å². The van der Waals surface area contributed by atoms with Gasteiger partial charge in [-0.3, -0.25) is 13.9 Å². The number of amides is 2. The zero-order chi connectivity index (χ0) is 36.2. The molecule has 1 atom stereocenters. The lowest BCUT2D eigenvalue weighted by Crippen LogP contribution is -2.53. The Balaban J connectivity index is 1.55. The van der Waals surface area contributed by atoms with Crippen LogP contribution in [0.2, 0.25) is 10.0 Å². The molecule has 0 aliphatic carbocycles. The third-order valence-corrected chi connectivity index (χ3v) is 10.7. The number of halogens is 2. The Kier molecular flexibility index (Phi) is 13.1. The number of hydrogen-bond donors (Lipinski definition) is 1. The Morgan fingerprint density at radius 3 is 1.98 bits per heavy atom. The maximum absolute atomic E-state index is 14.7. The summed E-state index contributed by atoms with van der Waals surface area (Å²) in [6, 6.07) is 37.0. The van der Waals surface area contributed by atoms with Gasteiger partial charge in [-0.15, -0.1) is 0 Å². The molecule has 0 fully saturated rings. The van der Waals surface area contributed by atoms with Crippen LogP contribution in [0.1, 0.15) is 30.9 Å². The van der Waals surface area contributed by atoms with Crippen LogP contribution in [0.3, 0.4) is 0 Å². The first-order chi connectivity index (χ1) is 24.7. The standard InChI is InChI=1S/C40H39Cl2N3O5S/c1-2-3-25-43-40(47)38(27-30-13-7-4-8-14-30)44(28-31-19-24-36(41)37(42)26-31)39(46)29-45(51(48,49)35-17-11-6-12-18-35)32-20-22-34(23-21-32)50-33-15-9-5-10-16-33/h4-24,26,38H,2-3,25,27-29H2,1H3,(H,43,47). The molecule has 8 nitrogen and oxygen atoms in total. The van der Waals surface area contributed by atoms with E-state index >= 15 is 0 Å². The van der Waals surface area contributed by atoms with Crippen molar-refractivity contribution in [2.45, 2.75) is 43.7 Å². The number of nitrogens with one attached hydrogen (secondary N) is 1. The van der Waals surface area contributed by atoms with Gasteiger partial charge in [0.15, 0.2) is 0 Å². The molecule has 0 saturated heterocycles. The number of carbonyl (C=O) groups is 2. The van der Waals surface area contributed by atoms with E-state index in [1.165, 1.54) is 17.0 Å². The summed E-state index contributed by atoms with van der Waals surface area (Å²) >= 11 is 12.6. The number of para-hydroxylation sites is 1. The number of sulfonamides is 1. The van der Waals surface area contributed by atoms with Gasteiger partial charge < -0.3 is 15.0 Å². The van der Waals surface area contributed by atoms with Crippen molar-refractivity contribution >= 4 is 50.7 Å². The number of nitrogens with zero attached hydrogens (tertiary/aromatic N) is 2. The highest BCUT2D eigenvalue weighted by atomic mass is 35.5. The number of anilines is 1. The second-order valence-electron chi connectivity index (χ2n) is 11.9. The van der Waals surface area contributed by atoms with Crippen molar-refractivity contribution in [3.05, 3.63) is 155 Å². The van der Waals surface area contributed by atoms with E-state index in [-0.39, 0.29) is 29.5 Å². The van der Waals surface area contributed by atoms with Gasteiger partial charge in [0.1, 0.15) is 24.1 Å². The van der Waals surface area contributed by atoms with E-state index in [0.29, 0.717) is 33.7 Å². The number of rotatable bonds is 16. The molecule has 0 aromatic heterocycles. The Morgan fingerprint density at radius 2 is 1.35 bits per heavy atom. The Bertz CT molecular complexity index is 2000. The number of unbranched alkanes of at least 4 members (excludes halogenated alkanes) is 1. The quantitative estimate of drug-likeness (QED) is 0.102. The molecule has 51 heavy (non-hydrogen) atoms. The zero-order valence-corrected chi connectivity index (χ0v) is 30.4. The van der Waals surface area contributed by atoms with Gasteiger partial charge in [0.25, 0.3) is 10.0 Å². The van der Waals surface area contributed by atoms with Gasteiger partial charge in [-0.1, -0.05) is 109 Å². The van der Waals surface area contributed by atoms with Crippen molar-refractivity contribution < 1.29 is 22.7 Å². The average Bonchev–Trinajstić information content (AvgIpc) is 3.15. The molecule has 5 aromatic rings. The van der Waals surface area contributed by atoms with Crippen molar-refractivity contribution in [1.82, 2.24) is 10.2 Å². The van der Waals surface area contributed by atoms with Gasteiger partial charge in [-0.05, 0) is 78.2 Å². The van der Waals surface area contributed by atoms with E-state index in [1.807, 2.05) is 67.6 Å². The lowest BCUT2D eigenvalue weighted by molar-refractivity contribution is -0.140. The minimum absolute atomic E-state index is 0.0107. The fourth-order valence-corrected chi connectivity index (χ4v) is 7.20. The van der Waals surface area contributed by atoms with Crippen molar-refractivity contribution in [2.75, 3.05) is 17.4 Å². The molecule has 1 unspecified atom stereocenters. The van der Waals surface area contributed by atoms with E-state index in [1.54, 1.807) is 60.7 Å². The molecule has 11 heteroatoms. The van der Waals surface area contributed by atoms with Crippen LogP contribution in [-0.2, 0) is 32.6 Å². The highest BCUT2D eigenvalue weighted by Crippen LogP contribution is 2.29. The van der Waals surface area contributed by atoms with Crippen LogP contribution < -0.4 is 14.4 Å². The van der Waals surface area contributed by atoms with Crippen LogP contribution in [-0.4, -0.2) is 44.3 Å². The topological polar surface area (TPSA) is 96.0 Å². The molecule has 5 aromatic carbocycles. The number of benzene rings is 5. The largest absolute Gasteiger partial charge is 0.457 e. The van der Waals surface area contributed by atoms with Crippen LogP contribution in [0.15, 0.2) is 138 Å². The molecule has 5 rings (SSSR count). The molecule has 264 valence electrons. The van der Waals surface area contributed by atoms with Gasteiger partial charge in [0.05, 0.1) is 20.6 Å². The highest BCUT2D eigenvalue weighted by molar-refractivity contribution is 7.92. The first-order valence-corrected chi connectivity index (χ1v) is 18.8. The first kappa shape index (κ1) is 37.4. The normalized spacial score (nSPS) is 11.7. The third kappa shape index (κ3) is 10.1. The summed E-state index contributed by atoms with van der Waals surface area (Å²) in [5, 5.41) is 3.62. The zero-order valence-electron chi connectivity index (χ0n) is 28.1. The van der Waals surface area contributed by atoms with E-state index in [9.17, 15) is 18.0 Å². The van der Waals surface area contributed by atoms with Crippen molar-refractivity contribution in [3.63, 3.8) is 0 Å². The van der Waals surface area contributed by atoms with Crippen LogP contribution in [0.5, 0.6) is 11.5 Å². The van der Waals surface area contributed by atoms with Crippen LogP contribution >= 0.6 is 23.2 Å². The highest BCUT2D eigenvalue weighted by Gasteiger charge is 2.34. The second kappa shape index (κ2) is 17.9. The monoisotopic (exact) mass is 743 g/mol. The predicted octanol–water partition coefficient (Wildman–Crippen LogP) is 8.54. The summed E-state index contributed by atoms with van der Waals surface area (Å²) in [5.74, 6) is 0.174. The summed E-state index contributed by atoms with van der Waals surface area (Å²) in [6.07, 6.45) is 1.83. The molecule has 0 spiro atoms. The van der Waals surface area contributed by atoms with Crippen LogP contribution in [0, 0.1) is 0 Å². The molecule has 0 aliphatic rings.